The second-order valence-corrected chi connectivity index (χ2v) is 4.22. The van der Waals surface area contributed by atoms with E-state index in [2.05, 4.69) is 32.0 Å². The van der Waals surface area contributed by atoms with Gasteiger partial charge in [-0.05, 0) is 23.6 Å². The van der Waals surface area contributed by atoms with Crippen molar-refractivity contribution in [1.29, 1.82) is 0 Å². The highest BCUT2D eigenvalue weighted by Gasteiger charge is 2.06. The van der Waals surface area contributed by atoms with Crippen molar-refractivity contribution in [3.05, 3.63) is 35.5 Å². The molecule has 0 atom stereocenters. The number of rotatable bonds is 2. The van der Waals surface area contributed by atoms with Crippen molar-refractivity contribution < 1.29 is 4.79 Å². The maximum Gasteiger partial charge on any atom is 0.166 e. The summed E-state index contributed by atoms with van der Waals surface area (Å²) in [6.07, 6.45) is 0.898. The second kappa shape index (κ2) is 3.54. The Balaban J connectivity index is 2.70. The van der Waals surface area contributed by atoms with Crippen LogP contribution in [-0.2, 0) is 7.05 Å². The van der Waals surface area contributed by atoms with Gasteiger partial charge in [0.05, 0.1) is 5.69 Å². The zero-order valence-electron chi connectivity index (χ0n) is 9.32. The number of carbonyl (C=O) groups excluding carboxylic acids is 1. The monoisotopic (exact) mass is 201 g/mol. The quantitative estimate of drug-likeness (QED) is 0.684. The van der Waals surface area contributed by atoms with Crippen LogP contribution in [0.4, 0.5) is 0 Å². The zero-order chi connectivity index (χ0) is 11.0. The van der Waals surface area contributed by atoms with Gasteiger partial charge < -0.3 is 4.57 Å². The van der Waals surface area contributed by atoms with Crippen molar-refractivity contribution in [3.8, 4) is 0 Å². The lowest BCUT2D eigenvalue weighted by molar-refractivity contribution is 0.111. The van der Waals surface area contributed by atoms with Gasteiger partial charge in [0.1, 0.15) is 0 Å². The molecule has 0 fully saturated rings. The van der Waals surface area contributed by atoms with E-state index in [0.717, 1.165) is 22.9 Å². The molecule has 78 valence electrons. The fraction of sp³-hybridized carbons (Fsp3) is 0.308. The lowest BCUT2D eigenvalue weighted by Gasteiger charge is -2.06. The predicted octanol–water partition coefficient (Wildman–Crippen LogP) is 3.11. The van der Waals surface area contributed by atoms with Gasteiger partial charge in [0.25, 0.3) is 0 Å². The van der Waals surface area contributed by atoms with E-state index in [4.69, 9.17) is 0 Å². The minimum atomic E-state index is 0.518. The largest absolute Gasteiger partial charge is 0.341 e. The number of hydrogen-bond donors (Lipinski definition) is 0. The van der Waals surface area contributed by atoms with Gasteiger partial charge in [-0.25, -0.2) is 0 Å². The molecule has 2 aromatic rings. The molecule has 0 spiro atoms. The summed E-state index contributed by atoms with van der Waals surface area (Å²) in [4.78, 5) is 10.8. The van der Waals surface area contributed by atoms with Crippen LogP contribution in [0.5, 0.6) is 0 Å². The van der Waals surface area contributed by atoms with E-state index in [0.29, 0.717) is 5.92 Å². The summed E-state index contributed by atoms with van der Waals surface area (Å²) in [6, 6.07) is 8.29. The number of benzene rings is 1. The Morgan fingerprint density at radius 2 is 2.00 bits per heavy atom. The average molecular weight is 201 g/mol. The zero-order valence-corrected chi connectivity index (χ0v) is 9.32. The number of carbonyl (C=O) groups is 1. The molecule has 0 unspecified atom stereocenters. The summed E-state index contributed by atoms with van der Waals surface area (Å²) < 4.78 is 1.94. The van der Waals surface area contributed by atoms with E-state index < -0.39 is 0 Å². The third-order valence-corrected chi connectivity index (χ3v) is 2.89. The van der Waals surface area contributed by atoms with Gasteiger partial charge in [0, 0.05) is 18.0 Å². The summed E-state index contributed by atoms with van der Waals surface area (Å²) in [7, 11) is 1.93. The molecule has 0 saturated heterocycles. The van der Waals surface area contributed by atoms with Gasteiger partial charge in [-0.2, -0.15) is 0 Å². The number of aromatic nitrogens is 1. The Hall–Kier alpha value is -1.57. The highest BCUT2D eigenvalue weighted by Crippen LogP contribution is 2.23. The Labute approximate surface area is 89.5 Å². The van der Waals surface area contributed by atoms with E-state index in [1.54, 1.807) is 0 Å². The molecular weight excluding hydrogens is 186 g/mol. The number of fused-ring (bicyclic) bond motifs is 1. The Kier molecular flexibility index (Phi) is 2.35. The van der Waals surface area contributed by atoms with Crippen LogP contribution in [0.15, 0.2) is 24.3 Å². The van der Waals surface area contributed by atoms with Crippen molar-refractivity contribution in [2.75, 3.05) is 0 Å². The van der Waals surface area contributed by atoms with E-state index in [9.17, 15) is 4.79 Å². The molecular formula is C13H15NO. The summed E-state index contributed by atoms with van der Waals surface area (Å²) in [5.41, 5.74) is 3.16. The molecule has 2 heteroatoms. The smallest absolute Gasteiger partial charge is 0.166 e. The molecule has 0 radical (unpaired) electrons. The van der Waals surface area contributed by atoms with Crippen molar-refractivity contribution in [2.45, 2.75) is 19.8 Å². The van der Waals surface area contributed by atoms with Gasteiger partial charge in [-0.3, -0.25) is 4.79 Å². The first-order valence-electron chi connectivity index (χ1n) is 5.18. The highest BCUT2D eigenvalue weighted by molar-refractivity contribution is 5.89. The van der Waals surface area contributed by atoms with Crippen LogP contribution in [0.2, 0.25) is 0 Å². The van der Waals surface area contributed by atoms with Crippen LogP contribution >= 0.6 is 0 Å². The van der Waals surface area contributed by atoms with Gasteiger partial charge in [0.15, 0.2) is 6.29 Å². The third-order valence-electron chi connectivity index (χ3n) is 2.89. The topological polar surface area (TPSA) is 22.0 Å². The lowest BCUT2D eigenvalue weighted by Crippen LogP contribution is -1.94. The van der Waals surface area contributed by atoms with E-state index in [1.807, 2.05) is 17.7 Å². The molecule has 0 aliphatic rings. The van der Waals surface area contributed by atoms with Crippen LogP contribution in [0.1, 0.15) is 35.8 Å². The van der Waals surface area contributed by atoms with Crippen LogP contribution < -0.4 is 0 Å². The molecule has 0 N–H and O–H groups in total. The molecule has 2 rings (SSSR count). The average Bonchev–Trinajstić information content (AvgIpc) is 2.55. The van der Waals surface area contributed by atoms with E-state index >= 15 is 0 Å². The van der Waals surface area contributed by atoms with Gasteiger partial charge in [-0.15, -0.1) is 0 Å². The number of aryl methyl sites for hydroxylation is 1. The molecule has 1 aromatic heterocycles. The Bertz CT molecular complexity index is 508. The van der Waals surface area contributed by atoms with Crippen molar-refractivity contribution in [1.82, 2.24) is 4.57 Å². The van der Waals surface area contributed by atoms with Gasteiger partial charge in [-0.1, -0.05) is 26.0 Å². The number of aldehydes is 1. The molecule has 15 heavy (non-hydrogen) atoms. The highest BCUT2D eigenvalue weighted by atomic mass is 16.1. The standard InChI is InChI=1S/C13H15NO/c1-9(2)10-4-5-11-6-12(8-15)14(3)13(11)7-10/h4-9H,1-3H3. The Morgan fingerprint density at radius 1 is 1.27 bits per heavy atom. The lowest BCUT2D eigenvalue weighted by atomic mass is 10.0. The number of nitrogens with zero attached hydrogens (tertiary/aromatic N) is 1. The molecule has 1 heterocycles. The third kappa shape index (κ3) is 1.56. The second-order valence-electron chi connectivity index (χ2n) is 4.22. The van der Waals surface area contributed by atoms with Gasteiger partial charge >= 0.3 is 0 Å². The van der Waals surface area contributed by atoms with Gasteiger partial charge in [0.2, 0.25) is 0 Å². The number of hydrogen-bond acceptors (Lipinski definition) is 1. The van der Waals surface area contributed by atoms with Crippen LogP contribution in [0, 0.1) is 0 Å². The van der Waals surface area contributed by atoms with E-state index in [1.165, 1.54) is 5.56 Å². The SMILES string of the molecule is CC(C)c1ccc2cc(C=O)n(C)c2c1. The minimum absolute atomic E-state index is 0.518. The van der Waals surface area contributed by atoms with Crippen LogP contribution in [-0.4, -0.2) is 10.9 Å². The van der Waals surface area contributed by atoms with E-state index in [-0.39, 0.29) is 0 Å². The van der Waals surface area contributed by atoms with Crippen LogP contribution in [0.25, 0.3) is 10.9 Å². The first-order chi connectivity index (χ1) is 7.13. The van der Waals surface area contributed by atoms with Crippen molar-refractivity contribution >= 4 is 17.2 Å². The molecule has 0 aliphatic carbocycles. The summed E-state index contributed by atoms with van der Waals surface area (Å²) >= 11 is 0. The molecule has 0 amide bonds. The molecule has 0 aliphatic heterocycles. The molecule has 2 nitrogen and oxygen atoms in total. The molecule has 0 saturated carbocycles. The van der Waals surface area contributed by atoms with Crippen molar-refractivity contribution in [2.24, 2.45) is 7.05 Å². The Morgan fingerprint density at radius 3 is 2.60 bits per heavy atom. The maximum atomic E-state index is 10.8. The normalized spacial score (nSPS) is 11.2. The van der Waals surface area contributed by atoms with Crippen molar-refractivity contribution in [3.63, 3.8) is 0 Å². The molecule has 1 aromatic carbocycles. The summed E-state index contributed by atoms with van der Waals surface area (Å²) in [6.45, 7) is 4.34. The molecule has 0 bridgehead atoms. The minimum Gasteiger partial charge on any atom is -0.341 e. The first kappa shape index (κ1) is 9.97. The summed E-state index contributed by atoms with van der Waals surface area (Å²) in [5, 5.41) is 1.13. The fourth-order valence-electron chi connectivity index (χ4n) is 1.84. The predicted molar refractivity (Wildman–Crippen MR) is 62.4 cm³/mol. The van der Waals surface area contributed by atoms with Crippen LogP contribution in [0.3, 0.4) is 0 Å². The maximum absolute atomic E-state index is 10.8. The first-order valence-corrected chi connectivity index (χ1v) is 5.18. The fourth-order valence-corrected chi connectivity index (χ4v) is 1.84. The summed E-state index contributed by atoms with van der Waals surface area (Å²) in [5.74, 6) is 0.518.